The van der Waals surface area contributed by atoms with E-state index in [1.807, 2.05) is 53.1 Å². The number of benzene rings is 2. The van der Waals surface area contributed by atoms with Gasteiger partial charge in [0.1, 0.15) is 5.52 Å². The van der Waals surface area contributed by atoms with Crippen LogP contribution in [0.5, 0.6) is 0 Å². The van der Waals surface area contributed by atoms with Crippen LogP contribution in [0.4, 0.5) is 16.3 Å². The van der Waals surface area contributed by atoms with Gasteiger partial charge in [-0.3, -0.25) is 0 Å². The number of nitrogens with zero attached hydrogens (tertiary/aromatic N) is 4. The Bertz CT molecular complexity index is 1270. The largest absolute Gasteiger partial charge is 0.450 e. The summed E-state index contributed by atoms with van der Waals surface area (Å²) in [6, 6.07) is 15.6. The molecule has 0 aliphatic heterocycles. The molecular formula is C23H24ClN7O2. The zero-order valence-electron chi connectivity index (χ0n) is 17.9. The van der Waals surface area contributed by atoms with E-state index in [0.717, 1.165) is 23.1 Å². The Labute approximate surface area is 195 Å². The van der Waals surface area contributed by atoms with Gasteiger partial charge in [0.25, 0.3) is 0 Å². The van der Waals surface area contributed by atoms with Crippen LogP contribution in [0, 0.1) is 0 Å². The molecule has 0 aliphatic rings. The van der Waals surface area contributed by atoms with Crippen molar-refractivity contribution in [2.45, 2.75) is 25.9 Å². The standard InChI is InChI=1S/C23H24ClN7O2/c24-22-29-20(26)19-21(30-22)31(14-28-19)9-1-2-10-33-23(32)27-13-15-5-3-6-16(11-15)17-7-4-8-18(25)12-17/h3-8,11-12,14H,1-2,9-10,13,25H2,(H,27,32)(H2,26,29,30). The Morgan fingerprint density at radius 2 is 1.85 bits per heavy atom. The smallest absolute Gasteiger partial charge is 0.407 e. The van der Waals surface area contributed by atoms with E-state index in [0.29, 0.717) is 43.0 Å². The summed E-state index contributed by atoms with van der Waals surface area (Å²) in [6.07, 6.45) is 2.65. The predicted octanol–water partition coefficient (Wildman–Crippen LogP) is 4.02. The molecule has 10 heteroatoms. The predicted molar refractivity (Wildman–Crippen MR) is 128 cm³/mol. The first kappa shape index (κ1) is 22.3. The third-order valence-electron chi connectivity index (χ3n) is 5.07. The number of aryl methyl sites for hydroxylation is 1. The number of nitrogen functional groups attached to an aromatic ring is 2. The van der Waals surface area contributed by atoms with Gasteiger partial charge in [0, 0.05) is 18.8 Å². The highest BCUT2D eigenvalue weighted by atomic mass is 35.5. The molecule has 0 spiro atoms. The number of hydrogen-bond donors (Lipinski definition) is 3. The first-order valence-electron chi connectivity index (χ1n) is 10.5. The molecule has 0 fully saturated rings. The van der Waals surface area contributed by atoms with Crippen LogP contribution >= 0.6 is 11.6 Å². The van der Waals surface area contributed by atoms with Gasteiger partial charge >= 0.3 is 6.09 Å². The number of nitrogens with two attached hydrogens (primary N) is 2. The van der Waals surface area contributed by atoms with E-state index in [4.69, 9.17) is 27.8 Å². The summed E-state index contributed by atoms with van der Waals surface area (Å²) in [7, 11) is 0. The summed E-state index contributed by atoms with van der Waals surface area (Å²) in [5.74, 6) is 0.252. The number of fused-ring (bicyclic) bond motifs is 1. The number of rotatable bonds is 8. The third-order valence-corrected chi connectivity index (χ3v) is 5.24. The molecule has 4 rings (SSSR count). The maximum Gasteiger partial charge on any atom is 0.407 e. The highest BCUT2D eigenvalue weighted by molar-refractivity contribution is 6.28. The Balaban J connectivity index is 1.20. The summed E-state index contributed by atoms with van der Waals surface area (Å²) in [5, 5.41) is 2.87. The molecule has 4 aromatic rings. The molecule has 0 unspecified atom stereocenters. The number of anilines is 2. The van der Waals surface area contributed by atoms with Gasteiger partial charge in [-0.1, -0.05) is 30.3 Å². The number of ether oxygens (including phenoxy) is 1. The van der Waals surface area contributed by atoms with Crippen LogP contribution in [0.3, 0.4) is 0 Å². The van der Waals surface area contributed by atoms with E-state index in [9.17, 15) is 4.79 Å². The first-order chi connectivity index (χ1) is 16.0. The maximum atomic E-state index is 12.0. The Kier molecular flexibility index (Phi) is 6.89. The van der Waals surface area contributed by atoms with Crippen molar-refractivity contribution in [1.29, 1.82) is 0 Å². The summed E-state index contributed by atoms with van der Waals surface area (Å²) in [6.45, 7) is 1.32. The zero-order valence-corrected chi connectivity index (χ0v) is 18.6. The Hall–Kier alpha value is -3.85. The number of hydrogen-bond acceptors (Lipinski definition) is 7. The molecule has 33 heavy (non-hydrogen) atoms. The molecule has 9 nitrogen and oxygen atoms in total. The number of carbonyl (C=O) groups is 1. The number of nitrogens with one attached hydrogen (secondary N) is 1. The van der Waals surface area contributed by atoms with E-state index in [1.54, 1.807) is 6.33 Å². The minimum Gasteiger partial charge on any atom is -0.450 e. The van der Waals surface area contributed by atoms with Gasteiger partial charge in [-0.2, -0.15) is 9.97 Å². The molecule has 0 atom stereocenters. The normalized spacial score (nSPS) is 10.9. The van der Waals surface area contributed by atoms with Crippen molar-refractivity contribution in [3.63, 3.8) is 0 Å². The topological polar surface area (TPSA) is 134 Å². The minimum atomic E-state index is -0.454. The molecule has 0 saturated carbocycles. The molecule has 0 saturated heterocycles. The fourth-order valence-corrected chi connectivity index (χ4v) is 3.63. The molecule has 0 radical (unpaired) electrons. The van der Waals surface area contributed by atoms with Crippen LogP contribution in [0.25, 0.3) is 22.3 Å². The SMILES string of the molecule is Nc1cccc(-c2cccc(CNC(=O)OCCCCn3cnc4c(N)nc(Cl)nc43)c2)c1. The van der Waals surface area contributed by atoms with Gasteiger partial charge < -0.3 is 26.1 Å². The third kappa shape index (κ3) is 5.69. The van der Waals surface area contributed by atoms with Crippen LogP contribution in [-0.2, 0) is 17.8 Å². The van der Waals surface area contributed by atoms with Crippen molar-refractivity contribution >= 4 is 40.4 Å². The lowest BCUT2D eigenvalue weighted by Gasteiger charge is -2.09. The van der Waals surface area contributed by atoms with Crippen molar-refractivity contribution in [1.82, 2.24) is 24.8 Å². The highest BCUT2D eigenvalue weighted by Gasteiger charge is 2.10. The van der Waals surface area contributed by atoms with Crippen molar-refractivity contribution < 1.29 is 9.53 Å². The number of alkyl carbamates (subject to hydrolysis) is 1. The van der Waals surface area contributed by atoms with E-state index in [1.165, 1.54) is 0 Å². The van der Waals surface area contributed by atoms with Gasteiger partial charge in [-0.25, -0.2) is 9.78 Å². The molecule has 2 aromatic heterocycles. The monoisotopic (exact) mass is 465 g/mol. The Morgan fingerprint density at radius 1 is 1.06 bits per heavy atom. The fourth-order valence-electron chi connectivity index (χ4n) is 3.46. The van der Waals surface area contributed by atoms with Gasteiger partial charge in [0.2, 0.25) is 5.28 Å². The van der Waals surface area contributed by atoms with Crippen LogP contribution in [0.15, 0.2) is 54.9 Å². The maximum absolute atomic E-state index is 12.0. The van der Waals surface area contributed by atoms with Gasteiger partial charge in [0.15, 0.2) is 11.5 Å². The zero-order chi connectivity index (χ0) is 23.2. The van der Waals surface area contributed by atoms with Crippen molar-refractivity contribution in [2.75, 3.05) is 18.1 Å². The van der Waals surface area contributed by atoms with Crippen LogP contribution < -0.4 is 16.8 Å². The van der Waals surface area contributed by atoms with E-state index >= 15 is 0 Å². The molecule has 2 aromatic carbocycles. The summed E-state index contributed by atoms with van der Waals surface area (Å²) < 4.78 is 7.14. The highest BCUT2D eigenvalue weighted by Crippen LogP contribution is 2.22. The van der Waals surface area contributed by atoms with E-state index < -0.39 is 6.09 Å². The molecule has 2 heterocycles. The quantitative estimate of drug-likeness (QED) is 0.203. The average molecular weight is 466 g/mol. The number of aromatic nitrogens is 4. The summed E-state index contributed by atoms with van der Waals surface area (Å²) in [5.41, 5.74) is 16.5. The molecule has 5 N–H and O–H groups in total. The van der Waals surface area contributed by atoms with Crippen LogP contribution in [0.2, 0.25) is 5.28 Å². The summed E-state index contributed by atoms with van der Waals surface area (Å²) >= 11 is 5.88. The number of halogens is 1. The number of imidazole rings is 1. The second-order valence-corrected chi connectivity index (χ2v) is 7.85. The van der Waals surface area contributed by atoms with E-state index in [2.05, 4.69) is 20.3 Å². The molecule has 0 bridgehead atoms. The molecule has 0 aliphatic carbocycles. The number of unbranched alkanes of at least 4 members (excludes halogenated alkanes) is 1. The Morgan fingerprint density at radius 3 is 2.67 bits per heavy atom. The van der Waals surface area contributed by atoms with Crippen LogP contribution in [0.1, 0.15) is 18.4 Å². The lowest BCUT2D eigenvalue weighted by molar-refractivity contribution is 0.143. The first-order valence-corrected chi connectivity index (χ1v) is 10.9. The fraction of sp³-hybridized carbons (Fsp3) is 0.217. The van der Waals surface area contributed by atoms with Gasteiger partial charge in [0.05, 0.1) is 12.9 Å². The van der Waals surface area contributed by atoms with Gasteiger partial charge in [-0.15, -0.1) is 0 Å². The molecular weight excluding hydrogens is 442 g/mol. The lowest BCUT2D eigenvalue weighted by atomic mass is 10.0. The minimum absolute atomic E-state index is 0.0835. The molecule has 170 valence electrons. The van der Waals surface area contributed by atoms with Crippen molar-refractivity contribution in [3.8, 4) is 11.1 Å². The molecule has 1 amide bonds. The lowest BCUT2D eigenvalue weighted by Crippen LogP contribution is -2.24. The second-order valence-electron chi connectivity index (χ2n) is 7.51. The van der Waals surface area contributed by atoms with Crippen molar-refractivity contribution in [2.24, 2.45) is 0 Å². The van der Waals surface area contributed by atoms with Gasteiger partial charge in [-0.05, 0) is 59.3 Å². The number of carbonyl (C=O) groups excluding carboxylic acids is 1. The second kappa shape index (κ2) is 10.2. The van der Waals surface area contributed by atoms with Crippen molar-refractivity contribution in [3.05, 3.63) is 65.7 Å². The van der Waals surface area contributed by atoms with E-state index in [-0.39, 0.29) is 11.1 Å². The van der Waals surface area contributed by atoms with Crippen LogP contribution in [-0.4, -0.2) is 32.2 Å². The summed E-state index contributed by atoms with van der Waals surface area (Å²) in [4.78, 5) is 24.3. The average Bonchev–Trinajstić information content (AvgIpc) is 3.21. The number of amides is 1.